The number of halogens is 1. The minimum atomic E-state index is -0.127. The molecule has 0 bridgehead atoms. The van der Waals surface area contributed by atoms with E-state index in [1.807, 2.05) is 0 Å². The molecule has 2 aromatic rings. The first-order valence-electron chi connectivity index (χ1n) is 3.65. The molecule has 0 fully saturated rings. The Morgan fingerprint density at radius 1 is 1.46 bits per heavy atom. The van der Waals surface area contributed by atoms with Gasteiger partial charge in [-0.2, -0.15) is 0 Å². The molecular formula is C8H6BrN3O. The average molecular weight is 240 g/mol. The molecule has 66 valence electrons. The fraction of sp³-hybridized carbons (Fsp3) is 0.125. The molecule has 5 heteroatoms. The van der Waals surface area contributed by atoms with Crippen LogP contribution in [0.25, 0.3) is 11.0 Å². The maximum absolute atomic E-state index is 11.5. The molecule has 0 aliphatic carbocycles. The van der Waals surface area contributed by atoms with Gasteiger partial charge in [0, 0.05) is 17.7 Å². The van der Waals surface area contributed by atoms with E-state index in [2.05, 4.69) is 25.9 Å². The molecule has 0 aromatic carbocycles. The van der Waals surface area contributed by atoms with Gasteiger partial charge < -0.3 is 4.57 Å². The summed E-state index contributed by atoms with van der Waals surface area (Å²) in [5.41, 5.74) is 0.878. The van der Waals surface area contributed by atoms with E-state index in [0.717, 1.165) is 4.47 Å². The Bertz CT molecular complexity index is 520. The standard InChI is InChI=1S/C8H6BrN3O/c1-12-4-11-6-2-5(9)3-10-7(6)8(12)13/h2-4H,1H3. The summed E-state index contributed by atoms with van der Waals surface area (Å²) in [6.45, 7) is 0. The van der Waals surface area contributed by atoms with Crippen molar-refractivity contribution in [2.45, 2.75) is 0 Å². The van der Waals surface area contributed by atoms with E-state index in [1.54, 1.807) is 19.3 Å². The number of fused-ring (bicyclic) bond motifs is 1. The molecule has 0 aliphatic heterocycles. The lowest BCUT2D eigenvalue weighted by Crippen LogP contribution is -2.17. The van der Waals surface area contributed by atoms with Crippen molar-refractivity contribution in [3.63, 3.8) is 0 Å². The quantitative estimate of drug-likeness (QED) is 0.692. The Hall–Kier alpha value is -1.23. The normalized spacial score (nSPS) is 10.6. The van der Waals surface area contributed by atoms with Crippen LogP contribution in [0.3, 0.4) is 0 Å². The van der Waals surface area contributed by atoms with Gasteiger partial charge >= 0.3 is 0 Å². The molecule has 0 N–H and O–H groups in total. The van der Waals surface area contributed by atoms with Crippen molar-refractivity contribution < 1.29 is 0 Å². The van der Waals surface area contributed by atoms with E-state index in [-0.39, 0.29) is 5.56 Å². The van der Waals surface area contributed by atoms with Crippen molar-refractivity contribution in [1.82, 2.24) is 14.5 Å². The largest absolute Gasteiger partial charge is 0.301 e. The maximum Gasteiger partial charge on any atom is 0.279 e. The first-order valence-corrected chi connectivity index (χ1v) is 4.44. The van der Waals surface area contributed by atoms with E-state index in [1.165, 1.54) is 10.9 Å². The third kappa shape index (κ3) is 1.35. The summed E-state index contributed by atoms with van der Waals surface area (Å²) >= 11 is 3.26. The van der Waals surface area contributed by atoms with Crippen LogP contribution in [0.15, 0.2) is 27.9 Å². The zero-order valence-electron chi connectivity index (χ0n) is 6.86. The van der Waals surface area contributed by atoms with Gasteiger partial charge in [0.1, 0.15) is 0 Å². The highest BCUT2D eigenvalue weighted by Crippen LogP contribution is 2.11. The zero-order valence-corrected chi connectivity index (χ0v) is 8.45. The summed E-state index contributed by atoms with van der Waals surface area (Å²) in [6.07, 6.45) is 3.07. The molecule has 2 heterocycles. The Morgan fingerprint density at radius 2 is 2.23 bits per heavy atom. The summed E-state index contributed by atoms with van der Waals surface area (Å²) in [4.78, 5) is 19.6. The first-order chi connectivity index (χ1) is 6.18. The molecule has 0 saturated carbocycles. The lowest BCUT2D eigenvalue weighted by atomic mass is 10.4. The van der Waals surface area contributed by atoms with Crippen LogP contribution < -0.4 is 5.56 Å². The van der Waals surface area contributed by atoms with E-state index in [0.29, 0.717) is 11.0 Å². The molecule has 13 heavy (non-hydrogen) atoms. The molecule has 0 aliphatic rings. The third-order valence-electron chi connectivity index (χ3n) is 1.73. The highest BCUT2D eigenvalue weighted by Gasteiger charge is 2.02. The highest BCUT2D eigenvalue weighted by molar-refractivity contribution is 9.10. The highest BCUT2D eigenvalue weighted by atomic mass is 79.9. The number of aryl methyl sites for hydroxylation is 1. The Balaban J connectivity index is 2.95. The van der Waals surface area contributed by atoms with Gasteiger partial charge in [0.25, 0.3) is 5.56 Å². The minimum Gasteiger partial charge on any atom is -0.301 e. The van der Waals surface area contributed by atoms with Crippen LogP contribution >= 0.6 is 15.9 Å². The van der Waals surface area contributed by atoms with Crippen LogP contribution in [0.1, 0.15) is 0 Å². The lowest BCUT2D eigenvalue weighted by molar-refractivity contribution is 0.838. The Labute approximate surface area is 82.4 Å². The van der Waals surface area contributed by atoms with Crippen LogP contribution in [-0.4, -0.2) is 14.5 Å². The lowest BCUT2D eigenvalue weighted by Gasteiger charge is -1.98. The number of rotatable bonds is 0. The van der Waals surface area contributed by atoms with Crippen LogP contribution in [-0.2, 0) is 7.05 Å². The first kappa shape index (κ1) is 8.37. The summed E-state index contributed by atoms with van der Waals surface area (Å²) in [6, 6.07) is 1.77. The molecule has 0 unspecified atom stereocenters. The smallest absolute Gasteiger partial charge is 0.279 e. The number of pyridine rings is 1. The average Bonchev–Trinajstić information content (AvgIpc) is 2.12. The molecule has 0 amide bonds. The SMILES string of the molecule is Cn1cnc2cc(Br)cnc2c1=O. The van der Waals surface area contributed by atoms with Crippen molar-refractivity contribution in [1.29, 1.82) is 0 Å². The molecular weight excluding hydrogens is 234 g/mol. The van der Waals surface area contributed by atoms with Crippen molar-refractivity contribution in [2.75, 3.05) is 0 Å². The number of aromatic nitrogens is 3. The molecule has 0 saturated heterocycles. The van der Waals surface area contributed by atoms with Crippen LogP contribution in [0.5, 0.6) is 0 Å². The van der Waals surface area contributed by atoms with Crippen LogP contribution in [0, 0.1) is 0 Å². The number of hydrogen-bond donors (Lipinski definition) is 0. The molecule has 0 spiro atoms. The Morgan fingerprint density at radius 3 is 3.00 bits per heavy atom. The second kappa shape index (κ2) is 2.92. The van der Waals surface area contributed by atoms with Gasteiger partial charge in [0.15, 0.2) is 5.52 Å². The molecule has 0 atom stereocenters. The van der Waals surface area contributed by atoms with E-state index in [9.17, 15) is 4.79 Å². The van der Waals surface area contributed by atoms with E-state index >= 15 is 0 Å². The Kier molecular flexibility index (Phi) is 1.88. The third-order valence-corrected chi connectivity index (χ3v) is 2.16. The van der Waals surface area contributed by atoms with Crippen LogP contribution in [0.2, 0.25) is 0 Å². The van der Waals surface area contributed by atoms with Crippen molar-refractivity contribution in [3.8, 4) is 0 Å². The van der Waals surface area contributed by atoms with Crippen molar-refractivity contribution in [3.05, 3.63) is 33.4 Å². The summed E-state index contributed by atoms with van der Waals surface area (Å²) < 4.78 is 2.23. The fourth-order valence-corrected chi connectivity index (χ4v) is 1.38. The maximum atomic E-state index is 11.5. The fourth-order valence-electron chi connectivity index (χ4n) is 1.06. The predicted octanol–water partition coefficient (Wildman–Crippen LogP) is 1.09. The second-order valence-electron chi connectivity index (χ2n) is 2.68. The molecule has 0 radical (unpaired) electrons. The van der Waals surface area contributed by atoms with Gasteiger partial charge in [-0.05, 0) is 22.0 Å². The zero-order chi connectivity index (χ0) is 9.42. The topological polar surface area (TPSA) is 47.8 Å². The second-order valence-corrected chi connectivity index (χ2v) is 3.60. The van der Waals surface area contributed by atoms with Crippen LogP contribution in [0.4, 0.5) is 0 Å². The predicted molar refractivity (Wildman–Crippen MR) is 52.5 cm³/mol. The summed E-state index contributed by atoms with van der Waals surface area (Å²) in [5, 5.41) is 0. The minimum absolute atomic E-state index is 0.127. The monoisotopic (exact) mass is 239 g/mol. The molecule has 4 nitrogen and oxygen atoms in total. The van der Waals surface area contributed by atoms with Gasteiger partial charge in [-0.25, -0.2) is 9.97 Å². The molecule has 2 aromatic heterocycles. The van der Waals surface area contributed by atoms with Gasteiger partial charge in [-0.3, -0.25) is 4.79 Å². The summed E-state index contributed by atoms with van der Waals surface area (Å²) in [5.74, 6) is 0. The summed E-state index contributed by atoms with van der Waals surface area (Å²) in [7, 11) is 1.65. The number of nitrogens with zero attached hydrogens (tertiary/aromatic N) is 3. The van der Waals surface area contributed by atoms with Gasteiger partial charge in [-0.1, -0.05) is 0 Å². The van der Waals surface area contributed by atoms with Crippen molar-refractivity contribution >= 4 is 27.0 Å². The van der Waals surface area contributed by atoms with E-state index in [4.69, 9.17) is 0 Å². The van der Waals surface area contributed by atoms with E-state index < -0.39 is 0 Å². The molecule has 2 rings (SSSR count). The van der Waals surface area contributed by atoms with Crippen molar-refractivity contribution in [2.24, 2.45) is 7.05 Å². The van der Waals surface area contributed by atoms with Gasteiger partial charge in [0.05, 0.1) is 11.8 Å². The van der Waals surface area contributed by atoms with Gasteiger partial charge in [-0.15, -0.1) is 0 Å². The van der Waals surface area contributed by atoms with Gasteiger partial charge in [0.2, 0.25) is 0 Å². The number of hydrogen-bond acceptors (Lipinski definition) is 3.